The number of aliphatic hydroxyl groups excluding tert-OH is 1. The van der Waals surface area contributed by atoms with Crippen molar-refractivity contribution in [1.29, 1.82) is 0 Å². The Bertz CT molecular complexity index is 485. The first kappa shape index (κ1) is 14.6. The summed E-state index contributed by atoms with van der Waals surface area (Å²) in [4.78, 5) is 8.01. The van der Waals surface area contributed by atoms with Crippen molar-refractivity contribution in [2.75, 3.05) is 31.1 Å². The third-order valence-corrected chi connectivity index (χ3v) is 4.27. The second-order valence-corrected chi connectivity index (χ2v) is 5.69. The van der Waals surface area contributed by atoms with E-state index in [9.17, 15) is 18.3 Å². The topological polar surface area (TPSA) is 39.6 Å². The molecule has 2 atom stereocenters. The van der Waals surface area contributed by atoms with Crippen LogP contribution in [0.1, 0.15) is 18.4 Å². The van der Waals surface area contributed by atoms with Gasteiger partial charge in [-0.25, -0.2) is 4.98 Å². The van der Waals surface area contributed by atoms with E-state index in [1.165, 1.54) is 6.07 Å². The maximum atomic E-state index is 12.5. The smallest absolute Gasteiger partial charge is 0.390 e. The molecule has 2 saturated heterocycles. The van der Waals surface area contributed by atoms with Crippen molar-refractivity contribution in [3.63, 3.8) is 0 Å². The lowest BCUT2D eigenvalue weighted by Gasteiger charge is -2.25. The number of likely N-dealkylation sites (tertiary alicyclic amines) is 1. The highest BCUT2D eigenvalue weighted by atomic mass is 19.4. The Morgan fingerprint density at radius 1 is 1.14 bits per heavy atom. The van der Waals surface area contributed by atoms with Crippen LogP contribution in [0.25, 0.3) is 0 Å². The molecule has 7 heteroatoms. The van der Waals surface area contributed by atoms with Gasteiger partial charge in [-0.2, -0.15) is 13.2 Å². The number of alkyl halides is 3. The maximum Gasteiger partial charge on any atom is 0.417 e. The molecule has 3 rings (SSSR count). The Morgan fingerprint density at radius 2 is 1.86 bits per heavy atom. The number of aromatic nitrogens is 1. The second-order valence-electron chi connectivity index (χ2n) is 5.69. The van der Waals surface area contributed by atoms with Gasteiger partial charge in [-0.05, 0) is 38.1 Å². The number of β-amino-alcohol motifs (C(OH)–C–C–N with tert-alkyl or cyclic N) is 1. The van der Waals surface area contributed by atoms with Gasteiger partial charge in [0.25, 0.3) is 0 Å². The molecule has 2 aliphatic rings. The molecule has 21 heavy (non-hydrogen) atoms. The number of pyridine rings is 1. The average Bonchev–Trinajstić information content (AvgIpc) is 3.07. The molecule has 1 N–H and O–H groups in total. The lowest BCUT2D eigenvalue weighted by atomic mass is 10.2. The SMILES string of the molecule is O[C@H]1CN(c2ccc(C(F)(F)F)cn2)C[C@@H]1N1CCCC1. The van der Waals surface area contributed by atoms with Gasteiger partial charge in [-0.1, -0.05) is 0 Å². The van der Waals surface area contributed by atoms with Crippen molar-refractivity contribution < 1.29 is 18.3 Å². The second kappa shape index (κ2) is 5.46. The molecular formula is C14H18F3N3O. The molecule has 3 heterocycles. The van der Waals surface area contributed by atoms with Gasteiger partial charge < -0.3 is 10.0 Å². The molecule has 2 aliphatic heterocycles. The van der Waals surface area contributed by atoms with E-state index in [0.717, 1.165) is 38.2 Å². The van der Waals surface area contributed by atoms with E-state index in [1.807, 2.05) is 4.90 Å². The minimum absolute atomic E-state index is 0.0524. The fourth-order valence-corrected chi connectivity index (χ4v) is 3.13. The van der Waals surface area contributed by atoms with Crippen molar-refractivity contribution in [1.82, 2.24) is 9.88 Å². The maximum absolute atomic E-state index is 12.5. The van der Waals surface area contributed by atoms with Crippen molar-refractivity contribution >= 4 is 5.82 Å². The Balaban J connectivity index is 1.70. The van der Waals surface area contributed by atoms with Gasteiger partial charge in [0.15, 0.2) is 0 Å². The van der Waals surface area contributed by atoms with Crippen LogP contribution < -0.4 is 4.90 Å². The normalized spacial score (nSPS) is 27.5. The summed E-state index contributed by atoms with van der Waals surface area (Å²) in [7, 11) is 0. The first-order valence-corrected chi connectivity index (χ1v) is 7.15. The average molecular weight is 301 g/mol. The molecule has 1 aromatic rings. The minimum atomic E-state index is -4.37. The van der Waals surface area contributed by atoms with Crippen molar-refractivity contribution in [3.05, 3.63) is 23.9 Å². The van der Waals surface area contributed by atoms with Crippen LogP contribution in [-0.2, 0) is 6.18 Å². The largest absolute Gasteiger partial charge is 0.417 e. The summed E-state index contributed by atoms with van der Waals surface area (Å²) in [6, 6.07) is 2.47. The zero-order valence-corrected chi connectivity index (χ0v) is 11.6. The Labute approximate surface area is 121 Å². The van der Waals surface area contributed by atoms with E-state index in [2.05, 4.69) is 9.88 Å². The van der Waals surface area contributed by atoms with Gasteiger partial charge in [0, 0.05) is 19.3 Å². The quantitative estimate of drug-likeness (QED) is 0.903. The summed E-state index contributed by atoms with van der Waals surface area (Å²) in [5, 5.41) is 10.2. The highest BCUT2D eigenvalue weighted by molar-refractivity contribution is 5.42. The molecular weight excluding hydrogens is 283 g/mol. The summed E-state index contributed by atoms with van der Waals surface area (Å²) in [5.74, 6) is 0.490. The summed E-state index contributed by atoms with van der Waals surface area (Å²) in [5.41, 5.74) is -0.748. The van der Waals surface area contributed by atoms with E-state index in [4.69, 9.17) is 0 Å². The van der Waals surface area contributed by atoms with Crippen LogP contribution in [0.15, 0.2) is 18.3 Å². The van der Waals surface area contributed by atoms with Crippen molar-refractivity contribution in [2.24, 2.45) is 0 Å². The van der Waals surface area contributed by atoms with Crippen LogP contribution in [-0.4, -0.2) is 53.3 Å². The monoisotopic (exact) mass is 301 g/mol. The summed E-state index contributed by atoms with van der Waals surface area (Å²) < 4.78 is 37.6. The third kappa shape index (κ3) is 2.98. The molecule has 2 fully saturated rings. The molecule has 0 unspecified atom stereocenters. The third-order valence-electron chi connectivity index (χ3n) is 4.27. The van der Waals surface area contributed by atoms with Crippen LogP contribution in [0.3, 0.4) is 0 Å². The predicted molar refractivity (Wildman–Crippen MR) is 72.1 cm³/mol. The number of hydrogen-bond donors (Lipinski definition) is 1. The summed E-state index contributed by atoms with van der Waals surface area (Å²) in [6.07, 6.45) is -1.71. The highest BCUT2D eigenvalue weighted by Crippen LogP contribution is 2.30. The van der Waals surface area contributed by atoms with Gasteiger partial charge in [-0.15, -0.1) is 0 Å². The van der Waals surface area contributed by atoms with Gasteiger partial charge in [0.2, 0.25) is 0 Å². The number of aliphatic hydroxyl groups is 1. The van der Waals surface area contributed by atoms with Crippen LogP contribution in [0, 0.1) is 0 Å². The molecule has 0 saturated carbocycles. The van der Waals surface area contributed by atoms with Gasteiger partial charge in [0.1, 0.15) is 5.82 Å². The van der Waals surface area contributed by atoms with E-state index in [-0.39, 0.29) is 6.04 Å². The zero-order chi connectivity index (χ0) is 15.0. The zero-order valence-electron chi connectivity index (χ0n) is 11.6. The number of nitrogens with zero attached hydrogens (tertiary/aromatic N) is 3. The number of halogens is 3. The van der Waals surface area contributed by atoms with Crippen molar-refractivity contribution in [3.8, 4) is 0 Å². The van der Waals surface area contributed by atoms with Gasteiger partial charge in [0.05, 0.1) is 17.7 Å². The number of anilines is 1. The van der Waals surface area contributed by atoms with Crippen molar-refractivity contribution in [2.45, 2.75) is 31.2 Å². The standard InChI is InChI=1S/C14H18F3N3O/c15-14(16,17)10-3-4-13(18-7-10)20-8-11(12(21)9-20)19-5-1-2-6-19/h3-4,7,11-12,21H,1-2,5-6,8-9H2/t11-,12-/m0/s1. The Morgan fingerprint density at radius 3 is 2.43 bits per heavy atom. The molecule has 0 radical (unpaired) electrons. The lowest BCUT2D eigenvalue weighted by Crippen LogP contribution is -2.41. The number of hydrogen-bond acceptors (Lipinski definition) is 4. The van der Waals surface area contributed by atoms with E-state index < -0.39 is 17.8 Å². The van der Waals surface area contributed by atoms with Gasteiger partial charge in [-0.3, -0.25) is 4.90 Å². The predicted octanol–water partition coefficient (Wildman–Crippen LogP) is 1.75. The fraction of sp³-hybridized carbons (Fsp3) is 0.643. The summed E-state index contributed by atoms with van der Waals surface area (Å²) >= 11 is 0. The number of rotatable bonds is 2. The van der Waals surface area contributed by atoms with Gasteiger partial charge >= 0.3 is 6.18 Å². The van der Waals surface area contributed by atoms with E-state index >= 15 is 0 Å². The lowest BCUT2D eigenvalue weighted by molar-refractivity contribution is -0.137. The Kier molecular flexibility index (Phi) is 3.79. The van der Waals surface area contributed by atoms with Crippen LogP contribution in [0.4, 0.5) is 19.0 Å². The fourth-order valence-electron chi connectivity index (χ4n) is 3.13. The highest BCUT2D eigenvalue weighted by Gasteiger charge is 2.37. The molecule has 0 spiro atoms. The van der Waals surface area contributed by atoms with Crippen LogP contribution in [0.2, 0.25) is 0 Å². The van der Waals surface area contributed by atoms with Crippen LogP contribution in [0.5, 0.6) is 0 Å². The molecule has 0 bridgehead atoms. The molecule has 1 aromatic heterocycles. The molecule has 0 amide bonds. The molecule has 0 aromatic carbocycles. The van der Waals surface area contributed by atoms with E-state index in [0.29, 0.717) is 18.9 Å². The molecule has 116 valence electrons. The first-order chi connectivity index (χ1) is 9.95. The summed E-state index contributed by atoms with van der Waals surface area (Å²) in [6.45, 7) is 2.99. The molecule has 0 aliphatic carbocycles. The van der Waals surface area contributed by atoms with E-state index in [1.54, 1.807) is 0 Å². The minimum Gasteiger partial charge on any atom is -0.390 e. The molecule has 4 nitrogen and oxygen atoms in total. The Hall–Kier alpha value is -1.34. The van der Waals surface area contributed by atoms with Crippen LogP contribution >= 0.6 is 0 Å². The first-order valence-electron chi connectivity index (χ1n) is 7.15.